The summed E-state index contributed by atoms with van der Waals surface area (Å²) in [4.78, 5) is 6.43. The van der Waals surface area contributed by atoms with E-state index in [0.29, 0.717) is 12.1 Å². The number of nitrogens with zero attached hydrogens (tertiary/aromatic N) is 2. The van der Waals surface area contributed by atoms with Gasteiger partial charge >= 0.3 is 0 Å². The summed E-state index contributed by atoms with van der Waals surface area (Å²) in [6.07, 6.45) is 1.80. The molecule has 0 aliphatic rings. The summed E-state index contributed by atoms with van der Waals surface area (Å²) in [6.45, 7) is 4.52. The topological polar surface area (TPSA) is 16.1 Å². The van der Waals surface area contributed by atoms with Crippen LogP contribution in [0.25, 0.3) is 0 Å². The second kappa shape index (κ2) is 5.70. The molecule has 19 heavy (non-hydrogen) atoms. The van der Waals surface area contributed by atoms with Crippen LogP contribution in [0.4, 0.5) is 10.2 Å². The van der Waals surface area contributed by atoms with Crippen molar-refractivity contribution in [2.45, 2.75) is 20.4 Å². The van der Waals surface area contributed by atoms with Gasteiger partial charge in [0.1, 0.15) is 11.6 Å². The van der Waals surface area contributed by atoms with Crippen LogP contribution in [0.3, 0.4) is 0 Å². The number of hydrogen-bond donors (Lipinski definition) is 0. The fraction of sp³-hybridized carbons (Fsp3) is 0.267. The van der Waals surface area contributed by atoms with Crippen LogP contribution in [0.2, 0.25) is 0 Å². The second-order valence-electron chi connectivity index (χ2n) is 4.73. The van der Waals surface area contributed by atoms with Gasteiger partial charge < -0.3 is 4.90 Å². The van der Waals surface area contributed by atoms with Crippen LogP contribution in [-0.4, -0.2) is 12.0 Å². The molecular weight excluding hydrogens is 307 g/mol. The predicted molar refractivity (Wildman–Crippen MR) is 79.9 cm³/mol. The van der Waals surface area contributed by atoms with E-state index in [9.17, 15) is 4.39 Å². The molecule has 0 atom stereocenters. The van der Waals surface area contributed by atoms with E-state index >= 15 is 0 Å². The first-order valence-corrected chi connectivity index (χ1v) is 6.85. The molecule has 0 aliphatic carbocycles. The molecular formula is C15H16BrFN2. The molecule has 2 aromatic rings. The lowest BCUT2D eigenvalue weighted by atomic mass is 10.1. The van der Waals surface area contributed by atoms with E-state index in [0.717, 1.165) is 21.4 Å². The number of halogens is 2. The molecule has 0 amide bonds. The predicted octanol–water partition coefficient (Wildman–Crippen LogP) is 4.24. The van der Waals surface area contributed by atoms with Gasteiger partial charge in [0.25, 0.3) is 0 Å². The first-order valence-electron chi connectivity index (χ1n) is 6.05. The Morgan fingerprint density at radius 2 is 1.95 bits per heavy atom. The lowest BCUT2D eigenvalue weighted by molar-refractivity contribution is 0.617. The van der Waals surface area contributed by atoms with E-state index in [4.69, 9.17) is 0 Å². The highest BCUT2D eigenvalue weighted by atomic mass is 79.9. The number of aryl methyl sites for hydroxylation is 2. The standard InChI is InChI=1S/C15H16BrFN2/c1-10-7-15(18-8-13(10)16)19(3)9-12-4-5-14(17)11(2)6-12/h4-8H,9H2,1-3H3. The summed E-state index contributed by atoms with van der Waals surface area (Å²) < 4.78 is 14.2. The van der Waals surface area contributed by atoms with E-state index in [1.165, 1.54) is 6.07 Å². The minimum atomic E-state index is -0.163. The van der Waals surface area contributed by atoms with Gasteiger partial charge in [0, 0.05) is 24.3 Å². The molecule has 0 aliphatic heterocycles. The zero-order valence-corrected chi connectivity index (χ0v) is 12.8. The molecule has 2 nitrogen and oxygen atoms in total. The zero-order valence-electron chi connectivity index (χ0n) is 11.2. The number of aromatic nitrogens is 1. The quantitative estimate of drug-likeness (QED) is 0.840. The highest BCUT2D eigenvalue weighted by molar-refractivity contribution is 9.10. The monoisotopic (exact) mass is 322 g/mol. The van der Waals surface area contributed by atoms with Crippen molar-refractivity contribution in [2.24, 2.45) is 0 Å². The Hall–Kier alpha value is -1.42. The van der Waals surface area contributed by atoms with Crippen LogP contribution in [0, 0.1) is 19.7 Å². The molecule has 0 radical (unpaired) electrons. The smallest absolute Gasteiger partial charge is 0.128 e. The van der Waals surface area contributed by atoms with Gasteiger partial charge in [-0.05, 0) is 58.6 Å². The van der Waals surface area contributed by atoms with Crippen molar-refractivity contribution < 1.29 is 4.39 Å². The van der Waals surface area contributed by atoms with Crippen LogP contribution in [0.1, 0.15) is 16.7 Å². The average molecular weight is 323 g/mol. The van der Waals surface area contributed by atoms with Crippen molar-refractivity contribution in [3.05, 3.63) is 57.4 Å². The van der Waals surface area contributed by atoms with Gasteiger partial charge in [-0.2, -0.15) is 0 Å². The van der Waals surface area contributed by atoms with Crippen LogP contribution >= 0.6 is 15.9 Å². The third-order valence-electron chi connectivity index (χ3n) is 3.07. The van der Waals surface area contributed by atoms with Crippen molar-refractivity contribution in [1.82, 2.24) is 4.98 Å². The lowest BCUT2D eigenvalue weighted by Gasteiger charge is -2.19. The van der Waals surface area contributed by atoms with Gasteiger partial charge in [0.15, 0.2) is 0 Å². The first-order chi connectivity index (χ1) is 8.97. The molecule has 0 unspecified atom stereocenters. The van der Waals surface area contributed by atoms with E-state index in [1.54, 1.807) is 13.1 Å². The van der Waals surface area contributed by atoms with Gasteiger partial charge in [-0.1, -0.05) is 12.1 Å². The minimum absolute atomic E-state index is 0.163. The molecule has 1 aromatic heterocycles. The Morgan fingerprint density at radius 3 is 2.58 bits per heavy atom. The van der Waals surface area contributed by atoms with E-state index < -0.39 is 0 Å². The first kappa shape index (κ1) is 14.0. The molecule has 0 bridgehead atoms. The van der Waals surface area contributed by atoms with E-state index in [-0.39, 0.29) is 5.82 Å². The summed E-state index contributed by atoms with van der Waals surface area (Å²) in [6, 6.07) is 7.22. The zero-order chi connectivity index (χ0) is 14.0. The highest BCUT2D eigenvalue weighted by Crippen LogP contribution is 2.20. The SMILES string of the molecule is Cc1cc(CN(C)c2cc(C)c(Br)cn2)ccc1F. The number of hydrogen-bond acceptors (Lipinski definition) is 2. The van der Waals surface area contributed by atoms with Crippen molar-refractivity contribution in [2.75, 3.05) is 11.9 Å². The number of rotatable bonds is 3. The Balaban J connectivity index is 2.17. The molecule has 2 rings (SSSR count). The summed E-state index contributed by atoms with van der Waals surface area (Å²) in [5.74, 6) is 0.742. The van der Waals surface area contributed by atoms with Crippen LogP contribution in [-0.2, 0) is 6.54 Å². The molecule has 0 N–H and O–H groups in total. The maximum absolute atomic E-state index is 13.2. The second-order valence-corrected chi connectivity index (χ2v) is 5.59. The molecule has 1 heterocycles. The van der Waals surface area contributed by atoms with Crippen molar-refractivity contribution in [1.29, 1.82) is 0 Å². The van der Waals surface area contributed by atoms with Gasteiger partial charge in [0.2, 0.25) is 0 Å². The normalized spacial score (nSPS) is 10.6. The van der Waals surface area contributed by atoms with Crippen molar-refractivity contribution in [3.8, 4) is 0 Å². The Morgan fingerprint density at radius 1 is 1.21 bits per heavy atom. The molecule has 0 fully saturated rings. The van der Waals surface area contributed by atoms with Gasteiger partial charge in [0.05, 0.1) is 0 Å². The van der Waals surface area contributed by atoms with Gasteiger partial charge in [-0.15, -0.1) is 0 Å². The molecule has 100 valence electrons. The molecule has 0 saturated heterocycles. The third kappa shape index (κ3) is 3.32. The summed E-state index contributed by atoms with van der Waals surface area (Å²) in [5, 5.41) is 0. The third-order valence-corrected chi connectivity index (χ3v) is 3.90. The lowest BCUT2D eigenvalue weighted by Crippen LogP contribution is -2.17. The van der Waals surface area contributed by atoms with Crippen LogP contribution in [0.5, 0.6) is 0 Å². The fourth-order valence-electron chi connectivity index (χ4n) is 1.89. The van der Waals surface area contributed by atoms with Gasteiger partial charge in [-0.3, -0.25) is 0 Å². The minimum Gasteiger partial charge on any atom is -0.355 e. The summed E-state index contributed by atoms with van der Waals surface area (Å²) in [7, 11) is 1.98. The molecule has 4 heteroatoms. The van der Waals surface area contributed by atoms with Crippen molar-refractivity contribution >= 4 is 21.7 Å². The Kier molecular flexibility index (Phi) is 4.20. The van der Waals surface area contributed by atoms with E-state index in [1.807, 2.05) is 37.1 Å². The summed E-state index contributed by atoms with van der Waals surface area (Å²) in [5.41, 5.74) is 2.89. The molecule has 0 saturated carbocycles. The van der Waals surface area contributed by atoms with Crippen LogP contribution < -0.4 is 4.90 Å². The Bertz CT molecular complexity index is 599. The maximum atomic E-state index is 13.2. The number of pyridine rings is 1. The average Bonchev–Trinajstić information content (AvgIpc) is 2.37. The largest absolute Gasteiger partial charge is 0.355 e. The number of anilines is 1. The van der Waals surface area contributed by atoms with Crippen molar-refractivity contribution in [3.63, 3.8) is 0 Å². The Labute approximate surface area is 121 Å². The molecule has 1 aromatic carbocycles. The van der Waals surface area contributed by atoms with Gasteiger partial charge in [-0.25, -0.2) is 9.37 Å². The highest BCUT2D eigenvalue weighted by Gasteiger charge is 2.06. The molecule has 0 spiro atoms. The summed E-state index contributed by atoms with van der Waals surface area (Å²) >= 11 is 3.44. The van der Waals surface area contributed by atoms with E-state index in [2.05, 4.69) is 20.9 Å². The number of benzene rings is 1. The maximum Gasteiger partial charge on any atom is 0.128 e. The fourth-order valence-corrected chi connectivity index (χ4v) is 2.11. The van der Waals surface area contributed by atoms with Crippen LogP contribution in [0.15, 0.2) is 34.9 Å².